The van der Waals surface area contributed by atoms with Gasteiger partial charge >= 0.3 is 0 Å². The van der Waals surface area contributed by atoms with Gasteiger partial charge in [-0.25, -0.2) is 0 Å². The van der Waals surface area contributed by atoms with E-state index in [9.17, 15) is 9.59 Å². The highest BCUT2D eigenvalue weighted by Crippen LogP contribution is 2.29. The molecule has 2 N–H and O–H groups in total. The SMILES string of the molecule is C=C1CC(N(C=O)CN(C=O)C2CC(=C)NC(C)(C)C2)CC(C)(C)N1. The average Bonchev–Trinajstić information content (AvgIpc) is 2.44. The fourth-order valence-electron chi connectivity index (χ4n) is 4.18. The maximum absolute atomic E-state index is 11.8. The molecule has 0 aliphatic carbocycles. The Morgan fingerprint density at radius 2 is 1.28 bits per heavy atom. The number of rotatable bonds is 6. The molecule has 2 heterocycles. The molecule has 0 saturated carbocycles. The van der Waals surface area contributed by atoms with Gasteiger partial charge in [-0.05, 0) is 40.5 Å². The van der Waals surface area contributed by atoms with Crippen LogP contribution in [0.2, 0.25) is 0 Å². The summed E-state index contributed by atoms with van der Waals surface area (Å²) < 4.78 is 0. The van der Waals surface area contributed by atoms with Crippen LogP contribution in [0.1, 0.15) is 53.4 Å². The molecule has 2 atom stereocenters. The smallest absolute Gasteiger partial charge is 0.211 e. The van der Waals surface area contributed by atoms with Crippen LogP contribution < -0.4 is 10.6 Å². The highest BCUT2D eigenvalue weighted by Gasteiger charge is 2.36. The number of hydrogen-bond donors (Lipinski definition) is 2. The summed E-state index contributed by atoms with van der Waals surface area (Å²) in [6, 6.07) is 0.0863. The van der Waals surface area contributed by atoms with E-state index in [1.165, 1.54) is 0 Å². The third kappa shape index (κ3) is 5.00. The third-order valence-electron chi connectivity index (χ3n) is 5.02. The lowest BCUT2D eigenvalue weighted by molar-refractivity contribution is -0.130. The monoisotopic (exact) mass is 348 g/mol. The van der Waals surface area contributed by atoms with Gasteiger partial charge in [-0.3, -0.25) is 9.59 Å². The van der Waals surface area contributed by atoms with Crippen LogP contribution in [-0.2, 0) is 9.59 Å². The van der Waals surface area contributed by atoms with Crippen molar-refractivity contribution >= 4 is 12.8 Å². The van der Waals surface area contributed by atoms with E-state index in [0.717, 1.165) is 37.1 Å². The molecule has 0 aromatic carbocycles. The topological polar surface area (TPSA) is 64.7 Å². The number of carbonyl (C=O) groups is 2. The molecule has 25 heavy (non-hydrogen) atoms. The predicted molar refractivity (Wildman–Crippen MR) is 99.4 cm³/mol. The van der Waals surface area contributed by atoms with E-state index < -0.39 is 0 Å². The second kappa shape index (κ2) is 7.10. The van der Waals surface area contributed by atoms with Gasteiger partial charge in [-0.2, -0.15) is 0 Å². The van der Waals surface area contributed by atoms with Crippen molar-refractivity contribution in [3.8, 4) is 0 Å². The van der Waals surface area contributed by atoms with E-state index in [1.54, 1.807) is 9.80 Å². The maximum Gasteiger partial charge on any atom is 0.211 e. The zero-order valence-corrected chi connectivity index (χ0v) is 16.0. The molecule has 6 heteroatoms. The van der Waals surface area contributed by atoms with Crippen molar-refractivity contribution < 1.29 is 9.59 Å². The Balaban J connectivity index is 2.10. The van der Waals surface area contributed by atoms with Crippen LogP contribution >= 0.6 is 0 Å². The molecule has 0 spiro atoms. The number of hydrogen-bond acceptors (Lipinski definition) is 4. The first kappa shape index (κ1) is 19.3. The van der Waals surface area contributed by atoms with Crippen LogP contribution in [-0.4, -0.2) is 52.5 Å². The first-order valence-electron chi connectivity index (χ1n) is 8.89. The minimum absolute atomic E-state index is 0.0432. The summed E-state index contributed by atoms with van der Waals surface area (Å²) in [5.74, 6) is 0. The molecule has 2 amide bonds. The fourth-order valence-corrected chi connectivity index (χ4v) is 4.18. The number of amides is 2. The van der Waals surface area contributed by atoms with Crippen LogP contribution in [0.25, 0.3) is 0 Å². The van der Waals surface area contributed by atoms with Crippen molar-refractivity contribution in [2.45, 2.75) is 76.5 Å². The van der Waals surface area contributed by atoms with Crippen molar-refractivity contribution in [3.05, 3.63) is 24.6 Å². The van der Waals surface area contributed by atoms with Crippen LogP contribution in [0.3, 0.4) is 0 Å². The largest absolute Gasteiger partial charge is 0.384 e. The number of nitrogens with zero attached hydrogens (tertiary/aromatic N) is 2. The molecule has 6 nitrogen and oxygen atoms in total. The molecule has 0 aromatic rings. The summed E-state index contributed by atoms with van der Waals surface area (Å²) >= 11 is 0. The lowest BCUT2D eigenvalue weighted by Gasteiger charge is -2.46. The highest BCUT2D eigenvalue weighted by molar-refractivity contribution is 5.52. The van der Waals surface area contributed by atoms with Gasteiger partial charge in [-0.1, -0.05) is 13.2 Å². The molecule has 2 fully saturated rings. The Bertz CT molecular complexity index is 508. The standard InChI is InChI=1S/C19H32N4O2/c1-14-7-16(9-18(3,4)20-14)22(12-24)11-23(13-25)17-8-15(2)21-19(5,6)10-17/h12-13,16-17,20-21H,1-2,7-11H2,3-6H3. The summed E-state index contributed by atoms with van der Waals surface area (Å²) in [7, 11) is 0. The second-order valence-corrected chi connectivity index (χ2v) is 8.73. The molecular formula is C19H32N4O2. The van der Waals surface area contributed by atoms with E-state index in [1.807, 2.05) is 0 Å². The van der Waals surface area contributed by atoms with E-state index in [0.29, 0.717) is 19.5 Å². The lowest BCUT2D eigenvalue weighted by Crippen LogP contribution is -2.56. The molecule has 0 radical (unpaired) electrons. The molecule has 2 saturated heterocycles. The second-order valence-electron chi connectivity index (χ2n) is 8.73. The summed E-state index contributed by atoms with van der Waals surface area (Å²) in [4.78, 5) is 27.0. The van der Waals surface area contributed by atoms with Gasteiger partial charge in [0.2, 0.25) is 12.8 Å². The van der Waals surface area contributed by atoms with Crippen molar-refractivity contribution in [1.29, 1.82) is 0 Å². The van der Waals surface area contributed by atoms with Crippen molar-refractivity contribution in [2.75, 3.05) is 6.67 Å². The van der Waals surface area contributed by atoms with E-state index >= 15 is 0 Å². The summed E-state index contributed by atoms with van der Waals surface area (Å²) in [5.41, 5.74) is 1.64. The molecule has 0 bridgehead atoms. The average molecular weight is 348 g/mol. The molecule has 2 aliphatic rings. The molecule has 0 aromatic heterocycles. The van der Waals surface area contributed by atoms with E-state index in [2.05, 4.69) is 51.5 Å². The van der Waals surface area contributed by atoms with Gasteiger partial charge in [0, 0.05) is 47.4 Å². The van der Waals surface area contributed by atoms with Gasteiger partial charge in [-0.15, -0.1) is 0 Å². The maximum atomic E-state index is 11.8. The first-order chi connectivity index (χ1) is 11.5. The summed E-state index contributed by atoms with van der Waals surface area (Å²) in [6.45, 7) is 16.8. The number of piperidine rings is 2. The van der Waals surface area contributed by atoms with Crippen molar-refractivity contribution in [3.63, 3.8) is 0 Å². The van der Waals surface area contributed by atoms with Crippen LogP contribution in [0, 0.1) is 0 Å². The zero-order chi connectivity index (χ0) is 18.8. The first-order valence-corrected chi connectivity index (χ1v) is 8.89. The third-order valence-corrected chi connectivity index (χ3v) is 5.02. The lowest BCUT2D eigenvalue weighted by atomic mass is 9.86. The van der Waals surface area contributed by atoms with Gasteiger partial charge < -0.3 is 20.4 Å². The van der Waals surface area contributed by atoms with Gasteiger partial charge in [0.25, 0.3) is 0 Å². The normalized spacial score (nSPS) is 27.7. The highest BCUT2D eigenvalue weighted by atomic mass is 16.1. The Hall–Kier alpha value is -1.98. The molecule has 2 rings (SSSR count). The van der Waals surface area contributed by atoms with Gasteiger partial charge in [0.05, 0.1) is 6.67 Å². The summed E-state index contributed by atoms with van der Waals surface area (Å²) in [5, 5.41) is 6.74. The minimum atomic E-state index is -0.113. The molecule has 140 valence electrons. The quantitative estimate of drug-likeness (QED) is 0.569. The van der Waals surface area contributed by atoms with E-state index in [-0.39, 0.29) is 23.2 Å². The van der Waals surface area contributed by atoms with Crippen LogP contribution in [0.5, 0.6) is 0 Å². The summed E-state index contributed by atoms with van der Waals surface area (Å²) in [6.07, 6.45) is 4.77. The van der Waals surface area contributed by atoms with Crippen molar-refractivity contribution in [2.24, 2.45) is 0 Å². The Kier molecular flexibility index (Phi) is 5.49. The van der Waals surface area contributed by atoms with Crippen LogP contribution in [0.4, 0.5) is 0 Å². The van der Waals surface area contributed by atoms with Gasteiger partial charge in [0.15, 0.2) is 0 Å². The molecule has 2 unspecified atom stereocenters. The minimum Gasteiger partial charge on any atom is -0.384 e. The van der Waals surface area contributed by atoms with Crippen LogP contribution in [0.15, 0.2) is 24.6 Å². The molecule has 2 aliphatic heterocycles. The Labute approximate surface area is 151 Å². The fraction of sp³-hybridized carbons (Fsp3) is 0.684. The Morgan fingerprint density at radius 1 is 0.920 bits per heavy atom. The number of carbonyl (C=O) groups excluding carboxylic acids is 2. The zero-order valence-electron chi connectivity index (χ0n) is 16.0. The predicted octanol–water partition coefficient (Wildman–Crippen LogP) is 1.95. The van der Waals surface area contributed by atoms with Gasteiger partial charge in [0.1, 0.15) is 0 Å². The number of nitrogens with one attached hydrogen (secondary N) is 2. The molecular weight excluding hydrogens is 316 g/mol. The van der Waals surface area contributed by atoms with E-state index in [4.69, 9.17) is 0 Å². The Morgan fingerprint density at radius 3 is 1.56 bits per heavy atom. The van der Waals surface area contributed by atoms with Crippen molar-refractivity contribution in [1.82, 2.24) is 20.4 Å².